The van der Waals surface area contributed by atoms with Gasteiger partial charge in [0.15, 0.2) is 0 Å². The van der Waals surface area contributed by atoms with Crippen LogP contribution in [0.15, 0.2) is 0 Å². The second-order valence-corrected chi connectivity index (χ2v) is 4.56. The monoisotopic (exact) mass is 267 g/mol. The number of aromatic nitrogens is 2. The zero-order valence-corrected chi connectivity index (χ0v) is 11.9. The number of primary amides is 1. The highest BCUT2D eigenvalue weighted by molar-refractivity contribution is 5.83. The summed E-state index contributed by atoms with van der Waals surface area (Å²) in [6.45, 7) is 7.01. The molecule has 7 nitrogen and oxygen atoms in total. The first-order valence-electron chi connectivity index (χ1n) is 6.10. The number of amides is 3. The van der Waals surface area contributed by atoms with Crippen LogP contribution < -0.4 is 11.1 Å². The minimum atomic E-state index is -0.621. The predicted octanol–water partition coefficient (Wildman–Crippen LogP) is -0.0649. The van der Waals surface area contributed by atoms with Gasteiger partial charge in [0.25, 0.3) is 0 Å². The van der Waals surface area contributed by atoms with Gasteiger partial charge in [0.2, 0.25) is 5.91 Å². The van der Waals surface area contributed by atoms with Gasteiger partial charge in [-0.3, -0.25) is 9.48 Å². The molecule has 0 saturated heterocycles. The van der Waals surface area contributed by atoms with Crippen molar-refractivity contribution in [3.05, 3.63) is 17.0 Å². The minimum Gasteiger partial charge on any atom is -0.353 e. The number of likely N-dealkylation sites (N-methyl/N-ethyl adjacent to an activating group) is 1. The Morgan fingerprint density at radius 3 is 2.47 bits per heavy atom. The maximum atomic E-state index is 11.5. The van der Waals surface area contributed by atoms with Crippen LogP contribution in [0.25, 0.3) is 0 Å². The highest BCUT2D eigenvalue weighted by Crippen LogP contribution is 2.10. The molecule has 0 aromatic carbocycles. The van der Waals surface area contributed by atoms with Gasteiger partial charge in [-0.25, -0.2) is 4.79 Å². The number of hydrogen-bond acceptors (Lipinski definition) is 3. The van der Waals surface area contributed by atoms with E-state index in [2.05, 4.69) is 10.4 Å². The number of aryl methyl sites for hydroxylation is 1. The summed E-state index contributed by atoms with van der Waals surface area (Å²) in [6, 6.07) is -0.621. The average Bonchev–Trinajstić information content (AvgIpc) is 2.57. The molecule has 0 radical (unpaired) electrons. The van der Waals surface area contributed by atoms with Gasteiger partial charge in [-0.1, -0.05) is 0 Å². The number of nitrogens with zero attached hydrogens (tertiary/aromatic N) is 3. The van der Waals surface area contributed by atoms with E-state index in [9.17, 15) is 9.59 Å². The summed E-state index contributed by atoms with van der Waals surface area (Å²) >= 11 is 0. The fraction of sp³-hybridized carbons (Fsp3) is 0.583. The molecule has 0 bridgehead atoms. The van der Waals surface area contributed by atoms with Crippen LogP contribution in [0.4, 0.5) is 4.79 Å². The quantitative estimate of drug-likeness (QED) is 0.782. The molecule has 0 spiro atoms. The van der Waals surface area contributed by atoms with Crippen molar-refractivity contribution in [2.24, 2.45) is 5.73 Å². The first kappa shape index (κ1) is 15.0. The lowest BCUT2D eigenvalue weighted by molar-refractivity contribution is -0.121. The Balaban J connectivity index is 2.40. The summed E-state index contributed by atoms with van der Waals surface area (Å²) in [5, 5.41) is 7.10. The Morgan fingerprint density at radius 1 is 1.37 bits per heavy atom. The molecule has 1 aromatic heterocycles. The normalized spacial score (nSPS) is 10.3. The summed E-state index contributed by atoms with van der Waals surface area (Å²) in [7, 11) is 1.48. The molecule has 7 heteroatoms. The molecule has 3 N–H and O–H groups in total. The highest BCUT2D eigenvalue weighted by atomic mass is 16.2. The summed E-state index contributed by atoms with van der Waals surface area (Å²) in [5.74, 6) is -0.237. The highest BCUT2D eigenvalue weighted by Gasteiger charge is 2.10. The molecular formula is C12H21N5O2. The van der Waals surface area contributed by atoms with E-state index in [1.807, 2.05) is 25.5 Å². The summed E-state index contributed by atoms with van der Waals surface area (Å²) < 4.78 is 1.86. The molecule has 0 aliphatic heterocycles. The van der Waals surface area contributed by atoms with E-state index < -0.39 is 6.03 Å². The zero-order chi connectivity index (χ0) is 14.6. The maximum Gasteiger partial charge on any atom is 0.314 e. The molecule has 1 heterocycles. The van der Waals surface area contributed by atoms with Gasteiger partial charge in [0.05, 0.1) is 12.2 Å². The van der Waals surface area contributed by atoms with Crippen LogP contribution >= 0.6 is 0 Å². The van der Waals surface area contributed by atoms with Gasteiger partial charge in [-0.15, -0.1) is 0 Å². The number of carbonyl (C=O) groups is 2. The lowest BCUT2D eigenvalue weighted by atomic mass is 10.2. The first-order valence-corrected chi connectivity index (χ1v) is 6.10. The van der Waals surface area contributed by atoms with Crippen LogP contribution in [0, 0.1) is 20.8 Å². The number of urea groups is 1. The van der Waals surface area contributed by atoms with Crippen LogP contribution in [0.2, 0.25) is 0 Å². The lowest BCUT2D eigenvalue weighted by Gasteiger charge is -2.13. The molecule has 0 aliphatic rings. The van der Waals surface area contributed by atoms with Crippen molar-refractivity contribution in [2.45, 2.75) is 27.3 Å². The molecule has 0 aliphatic carbocycles. The van der Waals surface area contributed by atoms with E-state index in [1.54, 1.807) is 0 Å². The van der Waals surface area contributed by atoms with Crippen molar-refractivity contribution in [1.29, 1.82) is 0 Å². The molecular weight excluding hydrogens is 246 g/mol. The molecule has 1 rings (SSSR count). The van der Waals surface area contributed by atoms with Gasteiger partial charge >= 0.3 is 6.03 Å². The number of carbonyl (C=O) groups excluding carboxylic acids is 2. The molecule has 0 unspecified atom stereocenters. The summed E-state index contributed by atoms with van der Waals surface area (Å²) in [5.41, 5.74) is 8.30. The van der Waals surface area contributed by atoms with Gasteiger partial charge in [-0.2, -0.15) is 5.10 Å². The standard InChI is InChI=1S/C12H21N5O2/c1-8-9(2)15-17(10(8)3)6-5-14-11(18)7-16(4)12(13)19/h5-7H2,1-4H3,(H2,13,19)(H,14,18). The van der Waals surface area contributed by atoms with Crippen LogP contribution in [-0.2, 0) is 11.3 Å². The second kappa shape index (κ2) is 6.21. The Kier molecular flexibility index (Phi) is 4.91. The Bertz CT molecular complexity index is 481. The van der Waals surface area contributed by atoms with Crippen LogP contribution in [-0.4, -0.2) is 46.8 Å². The Morgan fingerprint density at radius 2 is 2.00 bits per heavy atom. The van der Waals surface area contributed by atoms with E-state index in [0.29, 0.717) is 13.1 Å². The molecule has 0 atom stereocenters. The van der Waals surface area contributed by atoms with Crippen molar-refractivity contribution in [2.75, 3.05) is 20.1 Å². The smallest absolute Gasteiger partial charge is 0.314 e. The topological polar surface area (TPSA) is 93.2 Å². The third kappa shape index (κ3) is 3.97. The molecule has 106 valence electrons. The first-order chi connectivity index (χ1) is 8.82. The van der Waals surface area contributed by atoms with Gasteiger partial charge < -0.3 is 16.0 Å². The molecule has 3 amide bonds. The van der Waals surface area contributed by atoms with Crippen molar-refractivity contribution < 1.29 is 9.59 Å². The molecule has 0 saturated carbocycles. The minimum absolute atomic E-state index is 0.0362. The predicted molar refractivity (Wildman–Crippen MR) is 71.7 cm³/mol. The Hall–Kier alpha value is -2.05. The molecule has 1 aromatic rings. The second-order valence-electron chi connectivity index (χ2n) is 4.56. The van der Waals surface area contributed by atoms with Gasteiger partial charge in [0, 0.05) is 19.3 Å². The largest absolute Gasteiger partial charge is 0.353 e. The average molecular weight is 267 g/mol. The van der Waals surface area contributed by atoms with Crippen LogP contribution in [0.5, 0.6) is 0 Å². The third-order valence-corrected chi connectivity index (χ3v) is 3.15. The van der Waals surface area contributed by atoms with Crippen LogP contribution in [0.3, 0.4) is 0 Å². The summed E-state index contributed by atoms with van der Waals surface area (Å²) in [4.78, 5) is 23.4. The van der Waals surface area contributed by atoms with E-state index in [4.69, 9.17) is 5.73 Å². The number of rotatable bonds is 5. The fourth-order valence-electron chi connectivity index (χ4n) is 1.65. The van der Waals surface area contributed by atoms with E-state index in [1.165, 1.54) is 12.6 Å². The number of nitrogens with two attached hydrogens (primary N) is 1. The molecule has 19 heavy (non-hydrogen) atoms. The van der Waals surface area contributed by atoms with Crippen LogP contribution in [0.1, 0.15) is 17.0 Å². The van der Waals surface area contributed by atoms with Crippen molar-refractivity contribution in [3.63, 3.8) is 0 Å². The maximum absolute atomic E-state index is 11.5. The van der Waals surface area contributed by atoms with E-state index in [0.717, 1.165) is 16.3 Å². The SMILES string of the molecule is Cc1nn(CCNC(=O)CN(C)C(N)=O)c(C)c1C. The lowest BCUT2D eigenvalue weighted by Crippen LogP contribution is -2.41. The fourth-order valence-corrected chi connectivity index (χ4v) is 1.65. The van der Waals surface area contributed by atoms with E-state index in [-0.39, 0.29) is 12.5 Å². The van der Waals surface area contributed by atoms with E-state index >= 15 is 0 Å². The summed E-state index contributed by atoms with van der Waals surface area (Å²) in [6.07, 6.45) is 0. The Labute approximate surface area is 112 Å². The van der Waals surface area contributed by atoms with Crippen molar-refractivity contribution in [1.82, 2.24) is 20.0 Å². The van der Waals surface area contributed by atoms with Gasteiger partial charge in [-0.05, 0) is 26.3 Å². The van der Waals surface area contributed by atoms with Gasteiger partial charge in [0.1, 0.15) is 6.54 Å². The zero-order valence-electron chi connectivity index (χ0n) is 11.9. The van der Waals surface area contributed by atoms with Crippen molar-refractivity contribution in [3.8, 4) is 0 Å². The number of hydrogen-bond donors (Lipinski definition) is 2. The number of nitrogens with one attached hydrogen (secondary N) is 1. The molecule has 0 fully saturated rings. The third-order valence-electron chi connectivity index (χ3n) is 3.15. The van der Waals surface area contributed by atoms with Crippen molar-refractivity contribution >= 4 is 11.9 Å².